The number of likely N-dealkylation sites (tertiary alicyclic amines) is 1. The van der Waals surface area contributed by atoms with Crippen LogP contribution in [0.3, 0.4) is 0 Å². The molecule has 1 saturated heterocycles. The number of carbonyl (C=O) groups excluding carboxylic acids is 2. The molecule has 1 atom stereocenters. The molecule has 34 heavy (non-hydrogen) atoms. The maximum Gasteiger partial charge on any atom is 0.295 e. The molecule has 6 heteroatoms. The first-order chi connectivity index (χ1) is 16.3. The van der Waals surface area contributed by atoms with Crippen LogP contribution >= 0.6 is 0 Å². The standard InChI is InChI=1S/C28H30N2O4/c1-5-34-23-14-13-20(17-18(23)2)26(31)24-25(30(16-15-29(3)4)28(33)27(24)32)22-12-8-10-19-9-6-7-11-21(19)22/h6-14,17,25,31H,5,15-16H2,1-4H3/b26-24-. The molecule has 0 saturated carbocycles. The number of ketones is 1. The minimum absolute atomic E-state index is 0.115. The van der Waals surface area contributed by atoms with E-state index < -0.39 is 17.7 Å². The fraction of sp³-hybridized carbons (Fsp3) is 0.286. The Labute approximate surface area is 200 Å². The second-order valence-electron chi connectivity index (χ2n) is 8.78. The summed E-state index contributed by atoms with van der Waals surface area (Å²) in [6, 6.07) is 18.3. The number of amides is 1. The Bertz CT molecular complexity index is 1270. The zero-order valence-electron chi connectivity index (χ0n) is 20.0. The van der Waals surface area contributed by atoms with Crippen LogP contribution in [-0.4, -0.2) is 60.4 Å². The summed E-state index contributed by atoms with van der Waals surface area (Å²) in [7, 11) is 3.85. The number of hydrogen-bond donors (Lipinski definition) is 1. The van der Waals surface area contributed by atoms with E-state index in [1.807, 2.05) is 75.3 Å². The molecule has 1 unspecified atom stereocenters. The number of benzene rings is 3. The number of aliphatic hydroxyl groups excluding tert-OH is 1. The van der Waals surface area contributed by atoms with Crippen molar-refractivity contribution in [1.82, 2.24) is 9.80 Å². The quantitative estimate of drug-likeness (QED) is 0.320. The maximum atomic E-state index is 13.3. The Hall–Kier alpha value is -3.64. The van der Waals surface area contributed by atoms with Crippen LogP contribution in [0.1, 0.15) is 29.7 Å². The molecule has 0 aromatic heterocycles. The van der Waals surface area contributed by atoms with E-state index in [1.54, 1.807) is 23.1 Å². The van der Waals surface area contributed by atoms with Crippen LogP contribution in [0.4, 0.5) is 0 Å². The third-order valence-electron chi connectivity index (χ3n) is 6.19. The highest BCUT2D eigenvalue weighted by Gasteiger charge is 2.46. The molecule has 1 N–H and O–H groups in total. The number of hydrogen-bond acceptors (Lipinski definition) is 5. The molecule has 3 aromatic carbocycles. The van der Waals surface area contributed by atoms with Gasteiger partial charge in [-0.1, -0.05) is 42.5 Å². The van der Waals surface area contributed by atoms with Crippen molar-refractivity contribution >= 4 is 28.2 Å². The molecule has 1 fully saturated rings. The first-order valence-corrected chi connectivity index (χ1v) is 11.5. The Morgan fingerprint density at radius 3 is 2.50 bits per heavy atom. The number of carbonyl (C=O) groups is 2. The van der Waals surface area contributed by atoms with E-state index in [4.69, 9.17) is 4.74 Å². The van der Waals surface area contributed by atoms with Gasteiger partial charge < -0.3 is 19.6 Å². The molecular formula is C28H30N2O4. The monoisotopic (exact) mass is 458 g/mol. The molecule has 1 aliphatic rings. The lowest BCUT2D eigenvalue weighted by molar-refractivity contribution is -0.140. The Morgan fingerprint density at radius 1 is 1.06 bits per heavy atom. The molecule has 0 spiro atoms. The maximum absolute atomic E-state index is 13.3. The van der Waals surface area contributed by atoms with Crippen molar-refractivity contribution in [2.75, 3.05) is 33.8 Å². The fourth-order valence-corrected chi connectivity index (χ4v) is 4.50. The lowest BCUT2D eigenvalue weighted by Gasteiger charge is -2.27. The topological polar surface area (TPSA) is 70.1 Å². The van der Waals surface area contributed by atoms with E-state index >= 15 is 0 Å². The van der Waals surface area contributed by atoms with Crippen LogP contribution in [0.2, 0.25) is 0 Å². The molecular weight excluding hydrogens is 428 g/mol. The number of aliphatic hydroxyl groups is 1. The molecule has 0 radical (unpaired) electrons. The van der Waals surface area contributed by atoms with Crippen molar-refractivity contribution in [2.24, 2.45) is 0 Å². The molecule has 3 aromatic rings. The van der Waals surface area contributed by atoms with Crippen molar-refractivity contribution < 1.29 is 19.4 Å². The summed E-state index contributed by atoms with van der Waals surface area (Å²) in [6.07, 6.45) is 0. The van der Waals surface area contributed by atoms with Crippen molar-refractivity contribution in [3.8, 4) is 5.75 Å². The molecule has 0 aliphatic carbocycles. The van der Waals surface area contributed by atoms with Crippen molar-refractivity contribution in [3.05, 3.63) is 82.9 Å². The molecule has 0 bridgehead atoms. The van der Waals surface area contributed by atoms with Crippen LogP contribution in [-0.2, 0) is 9.59 Å². The average molecular weight is 459 g/mol. The lowest BCUT2D eigenvalue weighted by atomic mass is 9.91. The van der Waals surface area contributed by atoms with Gasteiger partial charge in [0.25, 0.3) is 11.7 Å². The molecule has 176 valence electrons. The van der Waals surface area contributed by atoms with E-state index in [0.29, 0.717) is 25.3 Å². The highest BCUT2D eigenvalue weighted by atomic mass is 16.5. The summed E-state index contributed by atoms with van der Waals surface area (Å²) in [5.41, 5.74) is 2.26. The number of Topliss-reactive ketones (excluding diaryl/α,β-unsaturated/α-hetero) is 1. The third kappa shape index (κ3) is 4.29. The van der Waals surface area contributed by atoms with Gasteiger partial charge >= 0.3 is 0 Å². The van der Waals surface area contributed by atoms with Gasteiger partial charge in [0.15, 0.2) is 0 Å². The fourth-order valence-electron chi connectivity index (χ4n) is 4.50. The zero-order chi connectivity index (χ0) is 24.4. The van der Waals surface area contributed by atoms with Crippen LogP contribution < -0.4 is 4.74 Å². The lowest BCUT2D eigenvalue weighted by Crippen LogP contribution is -2.35. The summed E-state index contributed by atoms with van der Waals surface area (Å²) in [5, 5.41) is 13.3. The van der Waals surface area contributed by atoms with Gasteiger partial charge in [-0.3, -0.25) is 9.59 Å². The predicted molar refractivity (Wildman–Crippen MR) is 134 cm³/mol. The molecule has 1 aliphatic heterocycles. The molecule has 4 rings (SSSR count). The minimum Gasteiger partial charge on any atom is -0.507 e. The molecule has 1 amide bonds. The Balaban J connectivity index is 1.91. The number of likely N-dealkylation sites (N-methyl/N-ethyl adjacent to an activating group) is 1. The summed E-state index contributed by atoms with van der Waals surface area (Å²) in [6.45, 7) is 5.29. The largest absolute Gasteiger partial charge is 0.507 e. The number of ether oxygens (including phenoxy) is 1. The van der Waals surface area contributed by atoms with Gasteiger partial charge in [0.1, 0.15) is 11.5 Å². The number of aryl methyl sites for hydroxylation is 1. The first kappa shape index (κ1) is 23.5. The van der Waals surface area contributed by atoms with E-state index in [-0.39, 0.29) is 11.3 Å². The summed E-state index contributed by atoms with van der Waals surface area (Å²) in [5.74, 6) is -0.712. The molecule has 6 nitrogen and oxygen atoms in total. The van der Waals surface area contributed by atoms with E-state index in [9.17, 15) is 14.7 Å². The van der Waals surface area contributed by atoms with E-state index in [0.717, 1.165) is 27.6 Å². The van der Waals surface area contributed by atoms with Gasteiger partial charge in [-0.2, -0.15) is 0 Å². The zero-order valence-corrected chi connectivity index (χ0v) is 20.0. The van der Waals surface area contributed by atoms with Crippen LogP contribution in [0.5, 0.6) is 5.75 Å². The highest BCUT2D eigenvalue weighted by Crippen LogP contribution is 2.42. The van der Waals surface area contributed by atoms with Crippen molar-refractivity contribution in [1.29, 1.82) is 0 Å². The third-order valence-corrected chi connectivity index (χ3v) is 6.19. The Kier molecular flexibility index (Phi) is 6.70. The van der Waals surface area contributed by atoms with Gasteiger partial charge in [-0.05, 0) is 68.0 Å². The minimum atomic E-state index is -0.682. The van der Waals surface area contributed by atoms with Crippen LogP contribution in [0.25, 0.3) is 16.5 Å². The van der Waals surface area contributed by atoms with Gasteiger partial charge in [-0.15, -0.1) is 0 Å². The summed E-state index contributed by atoms with van der Waals surface area (Å²) in [4.78, 5) is 30.0. The smallest absolute Gasteiger partial charge is 0.295 e. The van der Waals surface area contributed by atoms with Gasteiger partial charge in [0.05, 0.1) is 18.2 Å². The number of fused-ring (bicyclic) bond motifs is 1. The van der Waals surface area contributed by atoms with Gasteiger partial charge in [0, 0.05) is 18.7 Å². The second-order valence-corrected chi connectivity index (χ2v) is 8.78. The highest BCUT2D eigenvalue weighted by molar-refractivity contribution is 6.46. The average Bonchev–Trinajstić information content (AvgIpc) is 3.08. The van der Waals surface area contributed by atoms with Crippen molar-refractivity contribution in [3.63, 3.8) is 0 Å². The molecule has 1 heterocycles. The van der Waals surface area contributed by atoms with E-state index in [1.165, 1.54) is 0 Å². The van der Waals surface area contributed by atoms with Crippen LogP contribution in [0, 0.1) is 6.92 Å². The van der Waals surface area contributed by atoms with Crippen LogP contribution in [0.15, 0.2) is 66.2 Å². The summed E-state index contributed by atoms with van der Waals surface area (Å²) < 4.78 is 5.61. The number of nitrogens with zero attached hydrogens (tertiary/aromatic N) is 2. The first-order valence-electron chi connectivity index (χ1n) is 11.5. The predicted octanol–water partition coefficient (Wildman–Crippen LogP) is 4.53. The number of rotatable bonds is 7. The van der Waals surface area contributed by atoms with Crippen molar-refractivity contribution in [2.45, 2.75) is 19.9 Å². The van der Waals surface area contributed by atoms with E-state index in [2.05, 4.69) is 0 Å². The van der Waals surface area contributed by atoms with Gasteiger partial charge in [-0.25, -0.2) is 0 Å². The SMILES string of the molecule is CCOc1ccc(/C(O)=C2/C(=O)C(=O)N(CCN(C)C)C2c2cccc3ccccc23)cc1C. The Morgan fingerprint density at radius 2 is 1.79 bits per heavy atom. The normalized spacial score (nSPS) is 17.7. The summed E-state index contributed by atoms with van der Waals surface area (Å²) >= 11 is 0. The second kappa shape index (κ2) is 9.69. The van der Waals surface area contributed by atoms with Gasteiger partial charge in [0.2, 0.25) is 0 Å².